The van der Waals surface area contributed by atoms with Gasteiger partial charge in [-0.2, -0.15) is 0 Å². The third-order valence-corrected chi connectivity index (χ3v) is 7.94. The lowest BCUT2D eigenvalue weighted by molar-refractivity contribution is -0.276. The van der Waals surface area contributed by atoms with E-state index in [1.807, 2.05) is 0 Å². The van der Waals surface area contributed by atoms with Gasteiger partial charge in [-0.1, -0.05) is 51.5 Å². The van der Waals surface area contributed by atoms with Crippen molar-refractivity contribution in [2.75, 3.05) is 0 Å². The molecule has 0 aliphatic heterocycles. The molecule has 34 heavy (non-hydrogen) atoms. The molecule has 4 atom stereocenters. The van der Waals surface area contributed by atoms with Gasteiger partial charge in [-0.25, -0.2) is 13.2 Å². The van der Waals surface area contributed by atoms with Crippen LogP contribution in [0.4, 0.5) is 26.3 Å². The Morgan fingerprint density at radius 1 is 0.853 bits per heavy atom. The zero-order valence-electron chi connectivity index (χ0n) is 19.5. The Labute approximate surface area is 196 Å². The Morgan fingerprint density at radius 3 is 2.32 bits per heavy atom. The molecule has 2 saturated carbocycles. The molecule has 2 aliphatic rings. The zero-order chi connectivity index (χ0) is 24.5. The van der Waals surface area contributed by atoms with Crippen LogP contribution in [0.15, 0.2) is 18.2 Å². The molecule has 0 aromatic heterocycles. The van der Waals surface area contributed by atoms with Crippen LogP contribution in [0, 0.1) is 35.2 Å². The monoisotopic (exact) mass is 486 g/mol. The molecule has 4 rings (SSSR count). The Morgan fingerprint density at radius 2 is 1.59 bits per heavy atom. The van der Waals surface area contributed by atoms with Crippen LogP contribution in [0.25, 0.3) is 10.8 Å². The van der Waals surface area contributed by atoms with Crippen molar-refractivity contribution in [1.29, 1.82) is 0 Å². The number of hydrogen-bond donors (Lipinski definition) is 0. The first-order chi connectivity index (χ1) is 16.2. The highest BCUT2D eigenvalue weighted by Gasteiger charge is 2.37. The van der Waals surface area contributed by atoms with E-state index in [0.29, 0.717) is 17.4 Å². The Bertz CT molecular complexity index is 1000. The summed E-state index contributed by atoms with van der Waals surface area (Å²) < 4.78 is 84.7. The summed E-state index contributed by atoms with van der Waals surface area (Å²) in [7, 11) is 0. The van der Waals surface area contributed by atoms with E-state index in [0.717, 1.165) is 37.7 Å². The number of hydrogen-bond acceptors (Lipinski definition) is 1. The molecular formula is C27H32F6O. The number of benzene rings is 2. The molecule has 0 saturated heterocycles. The molecule has 0 N–H and O–H groups in total. The standard InChI is InChI=1S/C27H32F6O/c1-2-3-4-5-6-16-7-8-18-12-19(10-9-17(18)11-16)20-13-21-15-23(29)26(34-27(31,32)33)25(30)24(21)22(28)14-20/h13-19H,2-12H2,1H3/t16-,17?,18-,19?/m1/s1. The van der Waals surface area contributed by atoms with Gasteiger partial charge in [0.05, 0.1) is 5.39 Å². The van der Waals surface area contributed by atoms with Crippen LogP contribution < -0.4 is 4.74 Å². The highest BCUT2D eigenvalue weighted by atomic mass is 19.4. The molecule has 1 nitrogen and oxygen atoms in total. The van der Waals surface area contributed by atoms with Gasteiger partial charge in [0.25, 0.3) is 0 Å². The predicted molar refractivity (Wildman–Crippen MR) is 120 cm³/mol. The van der Waals surface area contributed by atoms with E-state index in [2.05, 4.69) is 11.7 Å². The second kappa shape index (κ2) is 10.4. The maximum Gasteiger partial charge on any atom is 0.573 e. The number of unbranched alkanes of at least 4 members (excludes halogenated alkanes) is 3. The Kier molecular flexibility index (Phi) is 7.68. The van der Waals surface area contributed by atoms with Gasteiger partial charge in [0.1, 0.15) is 5.82 Å². The van der Waals surface area contributed by atoms with Crippen LogP contribution in [-0.4, -0.2) is 6.36 Å². The van der Waals surface area contributed by atoms with Crippen molar-refractivity contribution in [3.05, 3.63) is 41.2 Å². The molecule has 2 aromatic rings. The van der Waals surface area contributed by atoms with Crippen LogP contribution >= 0.6 is 0 Å². The van der Waals surface area contributed by atoms with E-state index < -0.39 is 34.9 Å². The smallest absolute Gasteiger partial charge is 0.399 e. The van der Waals surface area contributed by atoms with E-state index in [1.54, 1.807) is 0 Å². The maximum atomic E-state index is 14.9. The second-order valence-corrected chi connectivity index (χ2v) is 10.2. The van der Waals surface area contributed by atoms with Crippen LogP contribution in [0.2, 0.25) is 0 Å². The average molecular weight is 487 g/mol. The predicted octanol–water partition coefficient (Wildman–Crippen LogP) is 9.43. The molecular weight excluding hydrogens is 454 g/mol. The molecule has 7 heteroatoms. The fourth-order valence-corrected chi connectivity index (χ4v) is 6.27. The molecule has 0 radical (unpaired) electrons. The van der Waals surface area contributed by atoms with Crippen LogP contribution in [-0.2, 0) is 0 Å². The third kappa shape index (κ3) is 5.65. The number of alkyl halides is 3. The van der Waals surface area contributed by atoms with Gasteiger partial charge >= 0.3 is 6.36 Å². The van der Waals surface area contributed by atoms with E-state index in [4.69, 9.17) is 0 Å². The number of rotatable bonds is 7. The van der Waals surface area contributed by atoms with E-state index in [9.17, 15) is 26.3 Å². The molecule has 188 valence electrons. The first-order valence-electron chi connectivity index (χ1n) is 12.5. The first kappa shape index (κ1) is 25.2. The fraction of sp³-hybridized carbons (Fsp3) is 0.630. The summed E-state index contributed by atoms with van der Waals surface area (Å²) in [5.74, 6) is -3.65. The largest absolute Gasteiger partial charge is 0.573 e. The van der Waals surface area contributed by atoms with Crippen molar-refractivity contribution in [3.63, 3.8) is 0 Å². The molecule has 2 aliphatic carbocycles. The van der Waals surface area contributed by atoms with Gasteiger partial charge in [-0.15, -0.1) is 13.2 Å². The van der Waals surface area contributed by atoms with Gasteiger partial charge in [0.15, 0.2) is 11.6 Å². The van der Waals surface area contributed by atoms with Crippen LogP contribution in [0.3, 0.4) is 0 Å². The zero-order valence-corrected chi connectivity index (χ0v) is 19.5. The SMILES string of the molecule is CCCCCC[C@@H]1CC[C@@H]2CC(c3cc(F)c4c(F)c(OC(F)(F)F)c(F)cc4c3)CCC2C1. The lowest BCUT2D eigenvalue weighted by Crippen LogP contribution is -2.30. The minimum Gasteiger partial charge on any atom is -0.399 e. The maximum absolute atomic E-state index is 14.9. The highest BCUT2D eigenvalue weighted by Crippen LogP contribution is 2.49. The van der Waals surface area contributed by atoms with E-state index in [1.165, 1.54) is 57.1 Å². The van der Waals surface area contributed by atoms with Crippen molar-refractivity contribution < 1.29 is 31.1 Å². The molecule has 0 bridgehead atoms. The normalized spacial score (nSPS) is 25.4. The summed E-state index contributed by atoms with van der Waals surface area (Å²) in [5.41, 5.74) is 0.661. The van der Waals surface area contributed by atoms with Crippen LogP contribution in [0.5, 0.6) is 5.75 Å². The van der Waals surface area contributed by atoms with Crippen LogP contribution in [0.1, 0.15) is 89.0 Å². The van der Waals surface area contributed by atoms with Gasteiger partial charge in [-0.05, 0) is 78.9 Å². The molecule has 2 aromatic carbocycles. The Balaban J connectivity index is 1.47. The second-order valence-electron chi connectivity index (χ2n) is 10.2. The minimum atomic E-state index is -5.28. The van der Waals surface area contributed by atoms with Gasteiger partial charge < -0.3 is 4.74 Å². The molecule has 2 unspecified atom stereocenters. The Hall–Kier alpha value is -1.92. The topological polar surface area (TPSA) is 9.23 Å². The quantitative estimate of drug-likeness (QED) is 0.280. The molecule has 0 amide bonds. The fourth-order valence-electron chi connectivity index (χ4n) is 6.27. The lowest BCUT2D eigenvalue weighted by atomic mass is 9.63. The van der Waals surface area contributed by atoms with Gasteiger partial charge in [-0.3, -0.25) is 0 Å². The highest BCUT2D eigenvalue weighted by molar-refractivity contribution is 5.86. The van der Waals surface area contributed by atoms with Crippen molar-refractivity contribution in [2.24, 2.45) is 17.8 Å². The number of ether oxygens (including phenoxy) is 1. The summed E-state index contributed by atoms with van der Waals surface area (Å²) >= 11 is 0. The van der Waals surface area contributed by atoms with Gasteiger partial charge in [0.2, 0.25) is 5.75 Å². The molecule has 0 heterocycles. The first-order valence-corrected chi connectivity index (χ1v) is 12.5. The summed E-state index contributed by atoms with van der Waals surface area (Å²) in [5, 5.41) is -0.765. The third-order valence-electron chi connectivity index (χ3n) is 7.94. The summed E-state index contributed by atoms with van der Waals surface area (Å²) in [4.78, 5) is 0. The average Bonchev–Trinajstić information content (AvgIpc) is 2.78. The number of halogens is 6. The summed E-state index contributed by atoms with van der Waals surface area (Å²) in [6.45, 7) is 2.22. The summed E-state index contributed by atoms with van der Waals surface area (Å²) in [6.07, 6.45) is 7.68. The summed E-state index contributed by atoms with van der Waals surface area (Å²) in [6, 6.07) is 3.44. The van der Waals surface area contributed by atoms with E-state index >= 15 is 0 Å². The van der Waals surface area contributed by atoms with E-state index in [-0.39, 0.29) is 11.3 Å². The minimum absolute atomic E-state index is 0.0819. The van der Waals surface area contributed by atoms with Crippen molar-refractivity contribution in [3.8, 4) is 5.75 Å². The molecule has 2 fully saturated rings. The van der Waals surface area contributed by atoms with Crippen molar-refractivity contribution in [2.45, 2.75) is 89.8 Å². The van der Waals surface area contributed by atoms with Crippen molar-refractivity contribution >= 4 is 10.8 Å². The lowest BCUT2D eigenvalue weighted by Gasteiger charge is -2.42. The van der Waals surface area contributed by atoms with Gasteiger partial charge in [0, 0.05) is 0 Å². The number of fused-ring (bicyclic) bond motifs is 2. The molecule has 0 spiro atoms. The van der Waals surface area contributed by atoms with Crippen molar-refractivity contribution in [1.82, 2.24) is 0 Å².